The summed E-state index contributed by atoms with van der Waals surface area (Å²) in [4.78, 5) is 9.57. The van der Waals surface area contributed by atoms with Crippen LogP contribution in [0.1, 0.15) is 28.8 Å². The van der Waals surface area contributed by atoms with Gasteiger partial charge in [0.05, 0.1) is 30.3 Å². The predicted octanol–water partition coefficient (Wildman–Crippen LogP) is 4.65. The lowest BCUT2D eigenvalue weighted by Gasteiger charge is -2.35. The van der Waals surface area contributed by atoms with Crippen molar-refractivity contribution in [2.75, 3.05) is 44.7 Å². The molecule has 1 aliphatic rings. The van der Waals surface area contributed by atoms with Crippen molar-refractivity contribution in [1.82, 2.24) is 24.6 Å². The summed E-state index contributed by atoms with van der Waals surface area (Å²) in [6.45, 7) is 9.76. The van der Waals surface area contributed by atoms with Gasteiger partial charge in [0.25, 0.3) is 0 Å². The molecule has 0 atom stereocenters. The zero-order valence-corrected chi connectivity index (χ0v) is 21.8. The Morgan fingerprint density at radius 3 is 2.64 bits per heavy atom. The van der Waals surface area contributed by atoms with E-state index in [1.54, 1.807) is 7.11 Å². The van der Waals surface area contributed by atoms with Crippen molar-refractivity contribution >= 4 is 28.3 Å². The minimum atomic E-state index is 0.510. The van der Waals surface area contributed by atoms with E-state index in [1.165, 1.54) is 5.69 Å². The number of para-hydroxylation sites is 1. The van der Waals surface area contributed by atoms with Gasteiger partial charge in [0.1, 0.15) is 10.9 Å². The number of nitrogens with zero attached hydrogens (tertiary/aromatic N) is 5. The summed E-state index contributed by atoms with van der Waals surface area (Å²) in [5.74, 6) is 7.57. The highest BCUT2D eigenvalue weighted by Crippen LogP contribution is 2.29. The molecule has 0 spiro atoms. The van der Waals surface area contributed by atoms with Gasteiger partial charge in [-0.15, -0.1) is 0 Å². The molecular formula is C28H31ClN6O. The molecule has 1 saturated heterocycles. The molecule has 36 heavy (non-hydrogen) atoms. The van der Waals surface area contributed by atoms with E-state index >= 15 is 0 Å². The molecule has 0 radical (unpaired) electrons. The predicted molar refractivity (Wildman–Crippen MR) is 145 cm³/mol. The van der Waals surface area contributed by atoms with E-state index in [0.29, 0.717) is 11.7 Å². The van der Waals surface area contributed by atoms with Gasteiger partial charge in [0.2, 0.25) is 0 Å². The zero-order chi connectivity index (χ0) is 25.1. The number of aromatic amines is 1. The SMILES string of the molecule is COc1c(C)cnc(Cn2cc(C#CCCN3CCN(c4ccccc4)CC3)c3c(Cl)[nH]nc32)c1C. The van der Waals surface area contributed by atoms with Crippen molar-refractivity contribution in [2.45, 2.75) is 26.8 Å². The second kappa shape index (κ2) is 10.7. The van der Waals surface area contributed by atoms with E-state index in [0.717, 1.165) is 78.3 Å². The first-order valence-corrected chi connectivity index (χ1v) is 12.7. The number of halogens is 1. The fraction of sp³-hybridized carbons (Fsp3) is 0.357. The highest BCUT2D eigenvalue weighted by atomic mass is 35.5. The molecule has 8 heteroatoms. The first-order valence-electron chi connectivity index (χ1n) is 12.3. The van der Waals surface area contributed by atoms with Crippen LogP contribution in [0.25, 0.3) is 11.0 Å². The Balaban J connectivity index is 1.25. The third-order valence-corrected chi connectivity index (χ3v) is 7.14. The number of anilines is 1. The Morgan fingerprint density at radius 1 is 1.11 bits per heavy atom. The average molecular weight is 503 g/mol. The molecule has 1 N–H and O–H groups in total. The lowest BCUT2D eigenvalue weighted by atomic mass is 10.1. The maximum absolute atomic E-state index is 6.44. The van der Waals surface area contributed by atoms with Crippen LogP contribution < -0.4 is 9.64 Å². The molecule has 0 bridgehead atoms. The number of rotatable bonds is 6. The van der Waals surface area contributed by atoms with Gasteiger partial charge in [-0.2, -0.15) is 5.10 Å². The molecule has 0 unspecified atom stereocenters. The summed E-state index contributed by atoms with van der Waals surface area (Å²) in [5.41, 5.74) is 5.95. The van der Waals surface area contributed by atoms with E-state index < -0.39 is 0 Å². The van der Waals surface area contributed by atoms with Crippen molar-refractivity contribution < 1.29 is 4.74 Å². The van der Waals surface area contributed by atoms with Gasteiger partial charge in [-0.1, -0.05) is 41.6 Å². The summed E-state index contributed by atoms with van der Waals surface area (Å²) in [6, 6.07) is 10.6. The maximum Gasteiger partial charge on any atom is 0.164 e. The number of aromatic nitrogens is 4. The molecule has 4 heterocycles. The lowest BCUT2D eigenvalue weighted by Crippen LogP contribution is -2.46. The first-order chi connectivity index (χ1) is 17.5. The maximum atomic E-state index is 6.44. The van der Waals surface area contributed by atoms with Crippen LogP contribution in [-0.2, 0) is 6.54 Å². The van der Waals surface area contributed by atoms with Crippen molar-refractivity contribution in [3.63, 3.8) is 0 Å². The van der Waals surface area contributed by atoms with Crippen molar-refractivity contribution in [3.05, 3.63) is 70.3 Å². The lowest BCUT2D eigenvalue weighted by molar-refractivity contribution is 0.264. The molecule has 4 aromatic rings. The minimum Gasteiger partial charge on any atom is -0.496 e. The summed E-state index contributed by atoms with van der Waals surface area (Å²) in [5, 5.41) is 8.69. The monoisotopic (exact) mass is 502 g/mol. The number of piperazine rings is 1. The van der Waals surface area contributed by atoms with Gasteiger partial charge in [-0.05, 0) is 26.0 Å². The molecule has 0 aliphatic carbocycles. The number of fused-ring (bicyclic) bond motifs is 1. The van der Waals surface area contributed by atoms with Crippen LogP contribution in [0.2, 0.25) is 5.15 Å². The van der Waals surface area contributed by atoms with Gasteiger partial charge in [0, 0.05) is 68.4 Å². The summed E-state index contributed by atoms with van der Waals surface area (Å²) >= 11 is 6.44. The molecule has 3 aromatic heterocycles. The van der Waals surface area contributed by atoms with Gasteiger partial charge in [0.15, 0.2) is 5.65 Å². The van der Waals surface area contributed by atoms with Crippen LogP contribution in [-0.4, -0.2) is 64.5 Å². The number of ether oxygens (including phenoxy) is 1. The number of aryl methyl sites for hydroxylation is 1. The Bertz CT molecular complexity index is 1410. The van der Waals surface area contributed by atoms with E-state index in [4.69, 9.17) is 16.3 Å². The van der Waals surface area contributed by atoms with Gasteiger partial charge >= 0.3 is 0 Å². The van der Waals surface area contributed by atoms with Crippen molar-refractivity contribution in [1.29, 1.82) is 0 Å². The van der Waals surface area contributed by atoms with E-state index in [1.807, 2.05) is 26.2 Å². The molecule has 1 fully saturated rings. The van der Waals surface area contributed by atoms with Crippen LogP contribution in [0.4, 0.5) is 5.69 Å². The summed E-state index contributed by atoms with van der Waals surface area (Å²) < 4.78 is 7.62. The molecule has 7 nitrogen and oxygen atoms in total. The topological polar surface area (TPSA) is 62.2 Å². The number of benzene rings is 1. The van der Waals surface area contributed by atoms with E-state index in [9.17, 15) is 0 Å². The van der Waals surface area contributed by atoms with Crippen molar-refractivity contribution in [2.24, 2.45) is 0 Å². The fourth-order valence-corrected chi connectivity index (χ4v) is 5.12. The third kappa shape index (κ3) is 4.92. The number of hydrogen-bond donors (Lipinski definition) is 1. The largest absolute Gasteiger partial charge is 0.496 e. The Kier molecular flexibility index (Phi) is 7.17. The standard InChI is InChI=1S/C28H31ClN6O/c1-20-17-30-24(21(2)26(20)36-3)19-35-18-22(25-27(29)31-32-28(25)35)9-7-8-12-33-13-15-34(16-14-33)23-10-5-4-6-11-23/h4-6,10-11,17-18H,8,12-16,19H2,1-3H3,(H,31,32). The Morgan fingerprint density at radius 2 is 1.89 bits per heavy atom. The highest BCUT2D eigenvalue weighted by Gasteiger charge is 2.18. The van der Waals surface area contributed by atoms with Gasteiger partial charge < -0.3 is 14.2 Å². The minimum absolute atomic E-state index is 0.510. The van der Waals surface area contributed by atoms with Crippen LogP contribution in [0.5, 0.6) is 5.75 Å². The molecule has 186 valence electrons. The van der Waals surface area contributed by atoms with Crippen LogP contribution >= 0.6 is 11.6 Å². The number of methoxy groups -OCH3 is 1. The highest BCUT2D eigenvalue weighted by molar-refractivity contribution is 6.34. The zero-order valence-electron chi connectivity index (χ0n) is 21.0. The van der Waals surface area contributed by atoms with Crippen LogP contribution in [0, 0.1) is 25.7 Å². The molecule has 0 amide bonds. The van der Waals surface area contributed by atoms with Gasteiger partial charge in [-0.3, -0.25) is 15.0 Å². The quantitative estimate of drug-likeness (QED) is 0.389. The van der Waals surface area contributed by atoms with E-state index in [2.05, 4.69) is 71.7 Å². The number of pyridine rings is 1. The Labute approximate surface area is 217 Å². The van der Waals surface area contributed by atoms with Crippen LogP contribution in [0.15, 0.2) is 42.7 Å². The number of hydrogen-bond acceptors (Lipinski definition) is 5. The molecular weight excluding hydrogens is 472 g/mol. The molecule has 5 rings (SSSR count). The molecule has 0 saturated carbocycles. The molecule has 1 aromatic carbocycles. The number of nitrogens with one attached hydrogen (secondary N) is 1. The van der Waals surface area contributed by atoms with Crippen molar-refractivity contribution in [3.8, 4) is 17.6 Å². The third-order valence-electron chi connectivity index (χ3n) is 6.87. The van der Waals surface area contributed by atoms with Crippen LogP contribution in [0.3, 0.4) is 0 Å². The normalized spacial score (nSPS) is 14.2. The van der Waals surface area contributed by atoms with E-state index in [-0.39, 0.29) is 0 Å². The smallest absolute Gasteiger partial charge is 0.164 e. The fourth-order valence-electron chi connectivity index (χ4n) is 4.89. The number of H-pyrrole nitrogens is 1. The second-order valence-corrected chi connectivity index (χ2v) is 9.55. The Hall–Kier alpha value is -3.47. The molecule has 1 aliphatic heterocycles. The summed E-state index contributed by atoms with van der Waals surface area (Å²) in [7, 11) is 1.69. The first kappa shape index (κ1) is 24.2. The summed E-state index contributed by atoms with van der Waals surface area (Å²) in [6.07, 6.45) is 4.68. The average Bonchev–Trinajstić information content (AvgIpc) is 3.45. The van der Waals surface area contributed by atoms with Gasteiger partial charge in [-0.25, -0.2) is 0 Å². The second-order valence-electron chi connectivity index (χ2n) is 9.17.